The molecule has 0 aromatic heterocycles. The van der Waals surface area contributed by atoms with Crippen LogP contribution in [0.3, 0.4) is 0 Å². The van der Waals surface area contributed by atoms with Gasteiger partial charge in [0, 0.05) is 0 Å². The third-order valence-corrected chi connectivity index (χ3v) is 10.6. The molecule has 3 nitrogen and oxygen atoms in total. The average molecular weight is 606 g/mol. The van der Waals surface area contributed by atoms with Crippen LogP contribution in [-0.2, 0) is 0 Å². The van der Waals surface area contributed by atoms with Crippen LogP contribution in [0.4, 0.5) is 0 Å². The summed E-state index contributed by atoms with van der Waals surface area (Å²) in [4.78, 5) is 0. The minimum atomic E-state index is -2.83. The lowest BCUT2D eigenvalue weighted by Crippen LogP contribution is -2.20. The van der Waals surface area contributed by atoms with Crippen LogP contribution < -0.4 is 13.6 Å². The summed E-state index contributed by atoms with van der Waals surface area (Å²) in [5.41, 5.74) is 3.25. The van der Waals surface area contributed by atoms with E-state index in [1.807, 2.05) is 54.6 Å². The highest BCUT2D eigenvalue weighted by molar-refractivity contribution is 7.62. The first-order valence-corrected chi connectivity index (χ1v) is 18.9. The van der Waals surface area contributed by atoms with E-state index in [1.54, 1.807) is 0 Å². The number of hydrogen-bond acceptors (Lipinski definition) is 3. The largest absolute Gasteiger partial charge is 0.541 e. The summed E-state index contributed by atoms with van der Waals surface area (Å²) in [6, 6.07) is 24.5. The molecule has 0 saturated heterocycles. The van der Waals surface area contributed by atoms with Crippen molar-refractivity contribution in [3.8, 4) is 17.2 Å². The smallest absolute Gasteiger partial charge is 0.271 e. The predicted molar refractivity (Wildman–Crippen MR) is 187 cm³/mol. The molecule has 43 heavy (non-hydrogen) atoms. The highest BCUT2D eigenvalue weighted by atomic mass is 31.2. The van der Waals surface area contributed by atoms with Crippen LogP contribution in [0, 0.1) is 20.8 Å². The van der Waals surface area contributed by atoms with Gasteiger partial charge in [0.15, 0.2) is 23.4 Å². The van der Waals surface area contributed by atoms with Crippen LogP contribution in [0.25, 0.3) is 0 Å². The fourth-order valence-electron chi connectivity index (χ4n) is 5.47. The summed E-state index contributed by atoms with van der Waals surface area (Å²) < 4.78 is 20.5. The number of benzene rings is 3. The SMILES string of the molecule is CCCCCCCCCCCCCCCCCC[P+](Oc1ccccc1C)(Oc1ccccc1C)Oc1ccccc1C. The minimum Gasteiger partial charge on any atom is -0.271 e. The molecule has 0 N–H and O–H groups in total. The highest BCUT2D eigenvalue weighted by Crippen LogP contribution is 2.62. The first-order chi connectivity index (χ1) is 21.0. The summed E-state index contributed by atoms with van der Waals surface area (Å²) in [6.45, 7) is 8.54. The van der Waals surface area contributed by atoms with Crippen molar-refractivity contribution in [3.63, 3.8) is 0 Å². The molecule has 0 aliphatic heterocycles. The summed E-state index contributed by atoms with van der Waals surface area (Å²) >= 11 is 0. The van der Waals surface area contributed by atoms with E-state index in [9.17, 15) is 0 Å². The molecule has 0 fully saturated rings. The number of hydrogen-bond donors (Lipinski definition) is 0. The lowest BCUT2D eigenvalue weighted by atomic mass is 10.0. The van der Waals surface area contributed by atoms with E-state index in [0.717, 1.165) is 52.9 Å². The maximum absolute atomic E-state index is 6.84. The Labute approximate surface area is 264 Å². The molecular formula is C39H58O3P+. The van der Waals surface area contributed by atoms with Crippen LogP contribution in [0.2, 0.25) is 0 Å². The van der Waals surface area contributed by atoms with Gasteiger partial charge in [-0.1, -0.05) is 151 Å². The molecule has 0 atom stereocenters. The average Bonchev–Trinajstić information content (AvgIpc) is 3.00. The van der Waals surface area contributed by atoms with E-state index in [-0.39, 0.29) is 0 Å². The van der Waals surface area contributed by atoms with Gasteiger partial charge < -0.3 is 0 Å². The maximum Gasteiger partial charge on any atom is 0.541 e. The lowest BCUT2D eigenvalue weighted by Gasteiger charge is -2.25. The van der Waals surface area contributed by atoms with E-state index < -0.39 is 7.94 Å². The summed E-state index contributed by atoms with van der Waals surface area (Å²) in [7, 11) is -2.83. The van der Waals surface area contributed by atoms with E-state index in [4.69, 9.17) is 13.6 Å². The van der Waals surface area contributed by atoms with Crippen LogP contribution in [-0.4, -0.2) is 6.16 Å². The molecule has 0 spiro atoms. The molecule has 0 aliphatic rings. The van der Waals surface area contributed by atoms with E-state index in [1.165, 1.54) is 89.9 Å². The zero-order valence-corrected chi connectivity index (χ0v) is 28.5. The third kappa shape index (κ3) is 13.3. The second-order valence-electron chi connectivity index (χ2n) is 12.2. The Morgan fingerprint density at radius 2 is 0.674 bits per heavy atom. The van der Waals surface area contributed by atoms with Crippen molar-refractivity contribution in [1.82, 2.24) is 0 Å². The third-order valence-electron chi connectivity index (χ3n) is 8.28. The second-order valence-corrected chi connectivity index (χ2v) is 14.4. The fourth-order valence-corrected chi connectivity index (χ4v) is 7.98. The van der Waals surface area contributed by atoms with Crippen molar-refractivity contribution in [3.05, 3.63) is 89.5 Å². The number of unbranched alkanes of at least 4 members (excludes halogenated alkanes) is 15. The Bertz CT molecular complexity index is 1040. The molecule has 0 aliphatic carbocycles. The molecule has 3 aromatic carbocycles. The molecule has 0 unspecified atom stereocenters. The van der Waals surface area contributed by atoms with Gasteiger partial charge in [0.2, 0.25) is 0 Å². The van der Waals surface area contributed by atoms with Gasteiger partial charge in [-0.3, -0.25) is 13.6 Å². The van der Waals surface area contributed by atoms with Crippen molar-refractivity contribution >= 4 is 7.94 Å². The first kappa shape index (κ1) is 35.0. The van der Waals surface area contributed by atoms with Gasteiger partial charge in [0.25, 0.3) is 0 Å². The summed E-state index contributed by atoms with van der Waals surface area (Å²) in [5, 5.41) is 0. The van der Waals surface area contributed by atoms with E-state index in [0.29, 0.717) is 0 Å². The Morgan fingerprint density at radius 1 is 0.395 bits per heavy atom. The molecule has 0 amide bonds. The van der Waals surface area contributed by atoms with Crippen LogP contribution in [0.15, 0.2) is 72.8 Å². The van der Waals surface area contributed by atoms with Crippen molar-refractivity contribution < 1.29 is 13.6 Å². The van der Waals surface area contributed by atoms with Gasteiger partial charge in [-0.25, -0.2) is 0 Å². The van der Waals surface area contributed by atoms with Crippen LogP contribution >= 0.6 is 7.94 Å². The molecule has 0 heterocycles. The molecule has 0 radical (unpaired) electrons. The molecular weight excluding hydrogens is 547 g/mol. The monoisotopic (exact) mass is 605 g/mol. The van der Waals surface area contributed by atoms with Crippen LogP contribution in [0.1, 0.15) is 126 Å². The summed E-state index contributed by atoms with van der Waals surface area (Å²) in [5.74, 6) is 2.48. The molecule has 3 aromatic rings. The zero-order chi connectivity index (χ0) is 30.6. The maximum atomic E-state index is 6.84. The number of rotatable bonds is 23. The fraction of sp³-hybridized carbons (Fsp3) is 0.538. The van der Waals surface area contributed by atoms with Crippen molar-refractivity contribution in [2.45, 2.75) is 130 Å². The predicted octanol–water partition coefficient (Wildman–Crippen LogP) is 13.2. The Hall–Kier alpha value is -2.51. The Morgan fingerprint density at radius 3 is 0.977 bits per heavy atom. The van der Waals surface area contributed by atoms with Crippen molar-refractivity contribution in [2.24, 2.45) is 0 Å². The standard InChI is InChI=1S/C39H58O3P/c1-5-6-7-8-9-10-11-12-13-14-15-16-17-18-19-26-33-43(40-37-30-23-20-27-34(37)2,41-38-31-24-21-28-35(38)3)42-39-32-25-22-29-36(39)4/h20-25,27-32H,5-19,26,33H2,1-4H3/q+1. The van der Waals surface area contributed by atoms with Gasteiger partial charge in [0.05, 0.1) is 0 Å². The van der Waals surface area contributed by atoms with Gasteiger partial charge in [0.1, 0.15) is 0 Å². The van der Waals surface area contributed by atoms with E-state index in [2.05, 4.69) is 45.9 Å². The molecule has 4 heteroatoms. The Kier molecular flexibility index (Phi) is 16.6. The molecule has 3 rings (SSSR count). The first-order valence-electron chi connectivity index (χ1n) is 17.2. The Balaban J connectivity index is 1.52. The normalized spacial score (nSPS) is 11.4. The second kappa shape index (κ2) is 20.4. The van der Waals surface area contributed by atoms with Gasteiger partial charge in [-0.15, -0.1) is 0 Å². The van der Waals surface area contributed by atoms with Gasteiger partial charge >= 0.3 is 7.94 Å². The van der Waals surface area contributed by atoms with Gasteiger partial charge in [-0.05, 0) is 68.5 Å². The van der Waals surface area contributed by atoms with Crippen molar-refractivity contribution in [2.75, 3.05) is 6.16 Å². The molecule has 0 bridgehead atoms. The van der Waals surface area contributed by atoms with Crippen molar-refractivity contribution in [1.29, 1.82) is 0 Å². The highest BCUT2D eigenvalue weighted by Gasteiger charge is 2.50. The number of aryl methyl sites for hydroxylation is 3. The summed E-state index contributed by atoms with van der Waals surface area (Å²) in [6.07, 6.45) is 22.3. The van der Waals surface area contributed by atoms with Gasteiger partial charge in [-0.2, -0.15) is 0 Å². The quantitative estimate of drug-likeness (QED) is 0.0795. The molecule has 0 saturated carbocycles. The minimum absolute atomic E-state index is 0.739. The number of para-hydroxylation sites is 3. The lowest BCUT2D eigenvalue weighted by molar-refractivity contribution is 0.349. The zero-order valence-electron chi connectivity index (χ0n) is 27.6. The molecule has 236 valence electrons. The van der Waals surface area contributed by atoms with E-state index >= 15 is 0 Å². The van der Waals surface area contributed by atoms with Crippen LogP contribution in [0.5, 0.6) is 17.2 Å². The topological polar surface area (TPSA) is 27.7 Å².